The Balaban J connectivity index is 1.93. The molecular formula is C15H23N3O. The van der Waals surface area contributed by atoms with Gasteiger partial charge in [0, 0.05) is 12.1 Å². The van der Waals surface area contributed by atoms with Crippen molar-refractivity contribution in [3.8, 4) is 0 Å². The number of hydrazine groups is 1. The van der Waals surface area contributed by atoms with Crippen LogP contribution in [0.25, 0.3) is 0 Å². The highest BCUT2D eigenvalue weighted by Gasteiger charge is 2.35. The molecule has 1 aliphatic heterocycles. The molecule has 0 radical (unpaired) electrons. The number of carbonyl (C=O) groups is 1. The number of carbonyl (C=O) groups excluding carboxylic acids is 1. The summed E-state index contributed by atoms with van der Waals surface area (Å²) in [5.41, 5.74) is 8.20. The summed E-state index contributed by atoms with van der Waals surface area (Å²) in [4.78, 5) is 11.9. The largest absolute Gasteiger partial charge is 0.326 e. The topological polar surface area (TPSA) is 73.0 Å². The lowest BCUT2D eigenvalue weighted by Gasteiger charge is -2.20. The van der Waals surface area contributed by atoms with Gasteiger partial charge in [0.05, 0.1) is 5.66 Å². The molecule has 0 bridgehead atoms. The first-order valence-electron chi connectivity index (χ1n) is 6.73. The molecule has 1 saturated heterocycles. The summed E-state index contributed by atoms with van der Waals surface area (Å²) in [6.07, 6.45) is 1.30. The molecule has 0 aromatic heterocycles. The van der Waals surface area contributed by atoms with Crippen LogP contribution in [-0.2, 0) is 10.2 Å². The predicted molar refractivity (Wildman–Crippen MR) is 77.7 cm³/mol. The van der Waals surface area contributed by atoms with E-state index in [2.05, 4.69) is 43.0 Å². The third kappa shape index (κ3) is 4.04. The van der Waals surface area contributed by atoms with Crippen LogP contribution in [0.4, 0.5) is 5.69 Å². The number of nitrogens with one attached hydrogen (secondary N) is 3. The van der Waals surface area contributed by atoms with Gasteiger partial charge in [0.1, 0.15) is 0 Å². The van der Waals surface area contributed by atoms with Gasteiger partial charge in [0.15, 0.2) is 0 Å². The molecule has 0 saturated carbocycles. The predicted octanol–water partition coefficient (Wildman–Crippen LogP) is 2.53. The Morgan fingerprint density at radius 1 is 1.32 bits per heavy atom. The lowest BCUT2D eigenvalue weighted by molar-refractivity contribution is -0.116. The van der Waals surface area contributed by atoms with E-state index in [1.54, 1.807) is 0 Å². The first-order valence-corrected chi connectivity index (χ1v) is 6.73. The minimum atomic E-state index is -0.0510. The molecule has 4 nitrogen and oxygen atoms in total. The SMILES string of the molecule is CC1(CCC(=O)Nc2cccc(C(C)(C)C)c2)NN1. The molecule has 1 fully saturated rings. The molecule has 1 aromatic rings. The standard InChI is InChI=1S/C15H23N3O/c1-14(2,3)11-6-5-7-12(10-11)16-13(19)8-9-15(4)17-18-15/h5-7,10,17-18H,8-9H2,1-4H3,(H,16,19). The van der Waals surface area contributed by atoms with Gasteiger partial charge in [-0.25, -0.2) is 10.9 Å². The van der Waals surface area contributed by atoms with Crippen molar-refractivity contribution >= 4 is 11.6 Å². The Hall–Kier alpha value is -1.39. The normalized spacial score (nSPS) is 17.1. The summed E-state index contributed by atoms with van der Waals surface area (Å²) in [7, 11) is 0. The van der Waals surface area contributed by atoms with Crippen LogP contribution in [0, 0.1) is 0 Å². The average Bonchev–Trinajstić information content (AvgIpc) is 3.05. The smallest absolute Gasteiger partial charge is 0.224 e. The second-order valence-electron chi connectivity index (χ2n) is 6.46. The van der Waals surface area contributed by atoms with Gasteiger partial charge in [-0.1, -0.05) is 32.9 Å². The van der Waals surface area contributed by atoms with Gasteiger partial charge in [0.2, 0.25) is 5.91 Å². The minimum Gasteiger partial charge on any atom is -0.326 e. The van der Waals surface area contributed by atoms with Crippen LogP contribution in [0.2, 0.25) is 0 Å². The average molecular weight is 261 g/mol. The van der Waals surface area contributed by atoms with Gasteiger partial charge in [-0.3, -0.25) is 4.79 Å². The third-order valence-corrected chi connectivity index (χ3v) is 3.42. The van der Waals surface area contributed by atoms with E-state index in [1.807, 2.05) is 25.1 Å². The van der Waals surface area contributed by atoms with E-state index in [0.717, 1.165) is 12.1 Å². The highest BCUT2D eigenvalue weighted by Crippen LogP contribution is 2.25. The number of hydrogen-bond donors (Lipinski definition) is 3. The molecule has 1 aromatic carbocycles. The second kappa shape index (κ2) is 4.94. The molecule has 19 heavy (non-hydrogen) atoms. The fourth-order valence-corrected chi connectivity index (χ4v) is 1.88. The molecule has 0 unspecified atom stereocenters. The van der Waals surface area contributed by atoms with Crippen molar-refractivity contribution in [3.05, 3.63) is 29.8 Å². The Morgan fingerprint density at radius 2 is 2.00 bits per heavy atom. The molecular weight excluding hydrogens is 238 g/mol. The van der Waals surface area contributed by atoms with Crippen molar-refractivity contribution in [3.63, 3.8) is 0 Å². The van der Waals surface area contributed by atoms with E-state index in [4.69, 9.17) is 0 Å². The van der Waals surface area contributed by atoms with Crippen LogP contribution in [0.1, 0.15) is 46.1 Å². The highest BCUT2D eigenvalue weighted by atomic mass is 16.1. The maximum Gasteiger partial charge on any atom is 0.224 e. The fourth-order valence-electron chi connectivity index (χ4n) is 1.88. The van der Waals surface area contributed by atoms with Crippen LogP contribution < -0.4 is 16.2 Å². The van der Waals surface area contributed by atoms with Gasteiger partial charge in [0.25, 0.3) is 0 Å². The second-order valence-corrected chi connectivity index (χ2v) is 6.46. The quantitative estimate of drug-likeness (QED) is 0.729. The molecule has 1 aliphatic rings. The summed E-state index contributed by atoms with van der Waals surface area (Å²) < 4.78 is 0. The molecule has 4 heteroatoms. The first-order chi connectivity index (χ1) is 8.78. The molecule has 0 atom stereocenters. The summed E-state index contributed by atoms with van der Waals surface area (Å²) in [6, 6.07) is 8.06. The van der Waals surface area contributed by atoms with Gasteiger partial charge in [-0.05, 0) is 36.5 Å². The summed E-state index contributed by atoms with van der Waals surface area (Å²) in [6.45, 7) is 8.54. The Morgan fingerprint density at radius 3 is 2.58 bits per heavy atom. The van der Waals surface area contributed by atoms with E-state index in [1.165, 1.54) is 5.56 Å². The van der Waals surface area contributed by atoms with Crippen LogP contribution in [0.3, 0.4) is 0 Å². The fraction of sp³-hybridized carbons (Fsp3) is 0.533. The van der Waals surface area contributed by atoms with Crippen molar-refractivity contribution in [1.29, 1.82) is 0 Å². The number of amides is 1. The highest BCUT2D eigenvalue weighted by molar-refractivity contribution is 5.90. The molecule has 1 amide bonds. The van der Waals surface area contributed by atoms with Gasteiger partial charge >= 0.3 is 0 Å². The number of hydrogen-bond acceptors (Lipinski definition) is 3. The summed E-state index contributed by atoms with van der Waals surface area (Å²) in [5.74, 6) is 0.0581. The Kier molecular flexibility index (Phi) is 3.65. The zero-order valence-electron chi connectivity index (χ0n) is 12.1. The van der Waals surface area contributed by atoms with Crippen LogP contribution in [0.15, 0.2) is 24.3 Å². The van der Waals surface area contributed by atoms with E-state index in [-0.39, 0.29) is 17.0 Å². The van der Waals surface area contributed by atoms with Gasteiger partial charge in [-0.15, -0.1) is 0 Å². The molecule has 1 heterocycles. The minimum absolute atomic E-state index is 0.0510. The molecule has 104 valence electrons. The first kappa shape index (κ1) is 14.0. The van der Waals surface area contributed by atoms with E-state index in [9.17, 15) is 4.79 Å². The van der Waals surface area contributed by atoms with Crippen molar-refractivity contribution in [2.45, 2.75) is 51.6 Å². The lowest BCUT2D eigenvalue weighted by Crippen LogP contribution is -2.18. The summed E-state index contributed by atoms with van der Waals surface area (Å²) in [5, 5.41) is 2.96. The Bertz CT molecular complexity index is 473. The molecule has 0 aliphatic carbocycles. The van der Waals surface area contributed by atoms with Gasteiger partial charge in [-0.2, -0.15) is 0 Å². The number of benzene rings is 1. The molecule has 2 rings (SSSR count). The van der Waals surface area contributed by atoms with Crippen molar-refractivity contribution < 1.29 is 4.79 Å². The van der Waals surface area contributed by atoms with E-state index in [0.29, 0.717) is 6.42 Å². The third-order valence-electron chi connectivity index (χ3n) is 3.42. The maximum absolute atomic E-state index is 11.9. The Labute approximate surface area is 114 Å². The van der Waals surface area contributed by atoms with Crippen LogP contribution in [-0.4, -0.2) is 11.6 Å². The zero-order valence-corrected chi connectivity index (χ0v) is 12.1. The molecule has 3 N–H and O–H groups in total. The maximum atomic E-state index is 11.9. The number of anilines is 1. The van der Waals surface area contributed by atoms with Crippen molar-refractivity contribution in [1.82, 2.24) is 10.9 Å². The zero-order chi connectivity index (χ0) is 14.1. The van der Waals surface area contributed by atoms with Gasteiger partial charge < -0.3 is 5.32 Å². The van der Waals surface area contributed by atoms with Crippen LogP contribution >= 0.6 is 0 Å². The van der Waals surface area contributed by atoms with Crippen molar-refractivity contribution in [2.24, 2.45) is 0 Å². The summed E-state index contributed by atoms with van der Waals surface area (Å²) >= 11 is 0. The lowest BCUT2D eigenvalue weighted by atomic mass is 9.87. The van der Waals surface area contributed by atoms with Crippen LogP contribution in [0.5, 0.6) is 0 Å². The number of rotatable bonds is 4. The molecule has 0 spiro atoms. The van der Waals surface area contributed by atoms with Crippen molar-refractivity contribution in [2.75, 3.05) is 5.32 Å². The monoisotopic (exact) mass is 261 g/mol. The van der Waals surface area contributed by atoms with E-state index < -0.39 is 0 Å². The van der Waals surface area contributed by atoms with E-state index >= 15 is 0 Å².